The standard InChI is InChI=1S/C18H24N6OS/c1-5-23(6-2)15-10-8-14(9-11-15)17-21-22-18(24(17)7-3)26-12-16-20-19-13(4)25-16/h8-11H,5-7,12H2,1-4H3. The number of aryl methyl sites for hydroxylation is 1. The summed E-state index contributed by atoms with van der Waals surface area (Å²) < 4.78 is 7.53. The SMILES string of the molecule is CCN(CC)c1ccc(-c2nnc(SCc3nnc(C)o3)n2CC)cc1. The zero-order chi connectivity index (χ0) is 18.5. The van der Waals surface area contributed by atoms with Gasteiger partial charge in [0.1, 0.15) is 0 Å². The third-order valence-electron chi connectivity index (χ3n) is 4.18. The van der Waals surface area contributed by atoms with Gasteiger partial charge in [0.25, 0.3) is 0 Å². The molecule has 0 saturated heterocycles. The van der Waals surface area contributed by atoms with Gasteiger partial charge in [0.05, 0.1) is 5.75 Å². The van der Waals surface area contributed by atoms with Gasteiger partial charge < -0.3 is 13.9 Å². The molecule has 0 atom stereocenters. The fourth-order valence-electron chi connectivity index (χ4n) is 2.83. The van der Waals surface area contributed by atoms with E-state index in [2.05, 4.69) is 74.9 Å². The van der Waals surface area contributed by atoms with E-state index < -0.39 is 0 Å². The van der Waals surface area contributed by atoms with Gasteiger partial charge in [-0.1, -0.05) is 11.8 Å². The summed E-state index contributed by atoms with van der Waals surface area (Å²) in [6.07, 6.45) is 0. The molecule has 3 rings (SSSR count). The molecule has 8 heteroatoms. The van der Waals surface area contributed by atoms with E-state index in [0.29, 0.717) is 17.5 Å². The van der Waals surface area contributed by atoms with Crippen molar-refractivity contribution in [1.82, 2.24) is 25.0 Å². The van der Waals surface area contributed by atoms with Crippen molar-refractivity contribution in [3.8, 4) is 11.4 Å². The van der Waals surface area contributed by atoms with E-state index in [-0.39, 0.29) is 0 Å². The highest BCUT2D eigenvalue weighted by molar-refractivity contribution is 7.98. The molecule has 0 N–H and O–H groups in total. The molecule has 2 aromatic heterocycles. The van der Waals surface area contributed by atoms with E-state index in [1.54, 1.807) is 18.7 Å². The lowest BCUT2D eigenvalue weighted by Gasteiger charge is -2.21. The molecule has 0 aliphatic heterocycles. The van der Waals surface area contributed by atoms with E-state index in [4.69, 9.17) is 4.42 Å². The fraction of sp³-hybridized carbons (Fsp3) is 0.444. The Morgan fingerprint density at radius 3 is 2.31 bits per heavy atom. The minimum absolute atomic E-state index is 0.575. The number of hydrogen-bond acceptors (Lipinski definition) is 7. The predicted molar refractivity (Wildman–Crippen MR) is 103 cm³/mol. The number of thioether (sulfide) groups is 1. The molecular formula is C18H24N6OS. The number of benzene rings is 1. The lowest BCUT2D eigenvalue weighted by atomic mass is 10.2. The number of nitrogens with zero attached hydrogens (tertiary/aromatic N) is 6. The number of anilines is 1. The third kappa shape index (κ3) is 3.90. The van der Waals surface area contributed by atoms with Gasteiger partial charge in [-0.2, -0.15) is 0 Å². The first-order valence-electron chi connectivity index (χ1n) is 8.86. The van der Waals surface area contributed by atoms with Gasteiger partial charge in [0, 0.05) is 37.8 Å². The van der Waals surface area contributed by atoms with Crippen molar-refractivity contribution >= 4 is 17.4 Å². The molecule has 138 valence electrons. The molecule has 0 unspecified atom stereocenters. The Kier molecular flexibility index (Phi) is 5.92. The smallest absolute Gasteiger partial charge is 0.226 e. The number of hydrogen-bond donors (Lipinski definition) is 0. The molecule has 0 bridgehead atoms. The van der Waals surface area contributed by atoms with Crippen molar-refractivity contribution in [2.24, 2.45) is 0 Å². The van der Waals surface area contributed by atoms with E-state index in [9.17, 15) is 0 Å². The summed E-state index contributed by atoms with van der Waals surface area (Å²) in [4.78, 5) is 2.32. The van der Waals surface area contributed by atoms with Crippen molar-refractivity contribution in [1.29, 1.82) is 0 Å². The van der Waals surface area contributed by atoms with Crippen LogP contribution in [0.1, 0.15) is 32.6 Å². The molecule has 2 heterocycles. The monoisotopic (exact) mass is 372 g/mol. The Morgan fingerprint density at radius 1 is 1.00 bits per heavy atom. The summed E-state index contributed by atoms with van der Waals surface area (Å²) in [5.41, 5.74) is 2.29. The molecule has 26 heavy (non-hydrogen) atoms. The van der Waals surface area contributed by atoms with Gasteiger partial charge in [-0.25, -0.2) is 0 Å². The van der Waals surface area contributed by atoms with Crippen molar-refractivity contribution in [3.05, 3.63) is 36.0 Å². The second-order valence-electron chi connectivity index (χ2n) is 5.77. The molecule has 0 aliphatic carbocycles. The van der Waals surface area contributed by atoms with Gasteiger partial charge >= 0.3 is 0 Å². The fourth-order valence-corrected chi connectivity index (χ4v) is 3.67. The highest BCUT2D eigenvalue weighted by Gasteiger charge is 2.15. The molecule has 0 saturated carbocycles. The minimum Gasteiger partial charge on any atom is -0.425 e. The molecule has 3 aromatic rings. The van der Waals surface area contributed by atoms with Crippen LogP contribution in [0.4, 0.5) is 5.69 Å². The molecular weight excluding hydrogens is 348 g/mol. The number of rotatable bonds is 8. The normalized spacial score (nSPS) is 11.1. The summed E-state index contributed by atoms with van der Waals surface area (Å²) in [5.74, 6) is 2.64. The maximum atomic E-state index is 5.42. The molecule has 0 fully saturated rings. The van der Waals surface area contributed by atoms with Crippen LogP contribution in [0, 0.1) is 6.92 Å². The summed E-state index contributed by atoms with van der Waals surface area (Å²) in [6, 6.07) is 8.51. The summed E-state index contributed by atoms with van der Waals surface area (Å²) >= 11 is 1.55. The highest BCUT2D eigenvalue weighted by atomic mass is 32.2. The average molecular weight is 372 g/mol. The Labute approximate surface area is 157 Å². The first-order chi connectivity index (χ1) is 12.7. The second kappa shape index (κ2) is 8.35. The van der Waals surface area contributed by atoms with Gasteiger partial charge in [0.2, 0.25) is 11.8 Å². The Morgan fingerprint density at radius 2 is 1.73 bits per heavy atom. The maximum absolute atomic E-state index is 5.42. The Balaban J connectivity index is 1.79. The minimum atomic E-state index is 0.575. The van der Waals surface area contributed by atoms with Crippen LogP contribution in [-0.4, -0.2) is 38.1 Å². The lowest BCUT2D eigenvalue weighted by molar-refractivity contribution is 0.485. The van der Waals surface area contributed by atoms with Crippen LogP contribution in [0.2, 0.25) is 0 Å². The third-order valence-corrected chi connectivity index (χ3v) is 5.13. The molecule has 0 spiro atoms. The molecule has 1 aromatic carbocycles. The van der Waals surface area contributed by atoms with E-state index in [1.165, 1.54) is 5.69 Å². The lowest BCUT2D eigenvalue weighted by Crippen LogP contribution is -2.21. The van der Waals surface area contributed by atoms with E-state index in [1.807, 2.05) is 0 Å². The maximum Gasteiger partial charge on any atom is 0.226 e. The largest absolute Gasteiger partial charge is 0.425 e. The van der Waals surface area contributed by atoms with Gasteiger partial charge in [-0.3, -0.25) is 0 Å². The first kappa shape index (κ1) is 18.4. The summed E-state index contributed by atoms with van der Waals surface area (Å²) in [5, 5.41) is 17.5. The zero-order valence-electron chi connectivity index (χ0n) is 15.6. The molecule has 0 radical (unpaired) electrons. The van der Waals surface area contributed by atoms with E-state index >= 15 is 0 Å². The van der Waals surface area contributed by atoms with Gasteiger partial charge in [-0.15, -0.1) is 20.4 Å². The quantitative estimate of drug-likeness (QED) is 0.557. The van der Waals surface area contributed by atoms with Crippen LogP contribution in [0.5, 0.6) is 0 Å². The molecule has 7 nitrogen and oxygen atoms in total. The van der Waals surface area contributed by atoms with E-state index in [0.717, 1.165) is 36.2 Å². The molecule has 0 aliphatic rings. The highest BCUT2D eigenvalue weighted by Crippen LogP contribution is 2.27. The van der Waals surface area contributed by atoms with Gasteiger partial charge in [0.15, 0.2) is 11.0 Å². The zero-order valence-corrected chi connectivity index (χ0v) is 16.5. The van der Waals surface area contributed by atoms with Crippen LogP contribution < -0.4 is 4.90 Å². The van der Waals surface area contributed by atoms with Gasteiger partial charge in [-0.05, 0) is 45.0 Å². The van der Waals surface area contributed by atoms with Crippen molar-refractivity contribution in [2.75, 3.05) is 18.0 Å². The van der Waals surface area contributed by atoms with Crippen LogP contribution >= 0.6 is 11.8 Å². The Bertz CT molecular complexity index is 838. The van der Waals surface area contributed by atoms with Crippen molar-refractivity contribution in [2.45, 2.75) is 45.1 Å². The topological polar surface area (TPSA) is 72.9 Å². The summed E-state index contributed by atoms with van der Waals surface area (Å²) in [7, 11) is 0. The van der Waals surface area contributed by atoms with Crippen LogP contribution in [0.3, 0.4) is 0 Å². The molecule has 0 amide bonds. The van der Waals surface area contributed by atoms with Crippen LogP contribution in [-0.2, 0) is 12.3 Å². The summed E-state index contributed by atoms with van der Waals surface area (Å²) in [6.45, 7) is 11.0. The van der Waals surface area contributed by atoms with Crippen molar-refractivity contribution < 1.29 is 4.42 Å². The first-order valence-corrected chi connectivity index (χ1v) is 9.85. The number of aromatic nitrogens is 5. The average Bonchev–Trinajstić information content (AvgIpc) is 3.27. The van der Waals surface area contributed by atoms with Crippen LogP contribution in [0.15, 0.2) is 33.8 Å². The predicted octanol–water partition coefficient (Wildman–Crippen LogP) is 3.79. The van der Waals surface area contributed by atoms with Crippen molar-refractivity contribution in [3.63, 3.8) is 0 Å². The second-order valence-corrected chi connectivity index (χ2v) is 6.72. The van der Waals surface area contributed by atoms with Crippen LogP contribution in [0.25, 0.3) is 11.4 Å². The Hall–Kier alpha value is -2.35.